The van der Waals surface area contributed by atoms with Gasteiger partial charge in [-0.1, -0.05) is 6.07 Å². The number of hydrogen-bond donors (Lipinski definition) is 3. The number of aliphatic hydroxyl groups excluding tert-OH is 1. The molecule has 9 heteroatoms. The van der Waals surface area contributed by atoms with Crippen LogP contribution in [0.15, 0.2) is 24.3 Å². The average Bonchev–Trinajstić information content (AvgIpc) is 2.63. The predicted octanol–water partition coefficient (Wildman–Crippen LogP) is 2.76. The van der Waals surface area contributed by atoms with Crippen LogP contribution in [0.1, 0.15) is 31.2 Å². The molecule has 1 heterocycles. The lowest BCUT2D eigenvalue weighted by molar-refractivity contribution is -0.137. The summed E-state index contributed by atoms with van der Waals surface area (Å²) in [6.07, 6.45) is -2.06. The summed E-state index contributed by atoms with van der Waals surface area (Å²) in [6, 6.07) is 4.46. The number of aliphatic hydroxyl groups is 1. The first kappa shape index (κ1) is 23.5. The molecule has 2 rings (SSSR count). The Hall–Kier alpha value is -1.51. The SMILES string of the molecule is Cl.O=C(CCC1CCNCC1)NCC(O)COc1cccc(C(F)(F)F)c1. The molecule has 1 aliphatic rings. The number of piperidine rings is 1. The second-order valence-electron chi connectivity index (χ2n) is 6.53. The maximum atomic E-state index is 12.6. The standard InChI is InChI=1S/C18H25F3N2O3.ClH/c19-18(20,21)14-2-1-3-16(10-14)26-12-15(24)11-23-17(25)5-4-13-6-8-22-9-7-13;/h1-3,10,13,15,22,24H,4-9,11-12H2,(H,23,25);1H. The molecule has 0 aliphatic carbocycles. The Balaban J connectivity index is 0.00000364. The first-order valence-corrected chi connectivity index (χ1v) is 8.80. The molecule has 1 aromatic carbocycles. The maximum Gasteiger partial charge on any atom is 0.416 e. The zero-order valence-electron chi connectivity index (χ0n) is 14.9. The number of rotatable bonds is 8. The van der Waals surface area contributed by atoms with Gasteiger partial charge in [0.25, 0.3) is 0 Å². The highest BCUT2D eigenvalue weighted by molar-refractivity contribution is 5.85. The minimum absolute atomic E-state index is 0. The summed E-state index contributed by atoms with van der Waals surface area (Å²) >= 11 is 0. The van der Waals surface area contributed by atoms with Crippen LogP contribution in [0.3, 0.4) is 0 Å². The van der Waals surface area contributed by atoms with Gasteiger partial charge in [0.1, 0.15) is 18.5 Å². The first-order valence-electron chi connectivity index (χ1n) is 8.80. The van der Waals surface area contributed by atoms with Gasteiger partial charge in [-0.25, -0.2) is 0 Å². The van der Waals surface area contributed by atoms with E-state index >= 15 is 0 Å². The molecular weight excluding hydrogens is 385 g/mol. The zero-order valence-corrected chi connectivity index (χ0v) is 15.7. The molecule has 0 saturated carbocycles. The Kier molecular flexibility index (Phi) is 9.90. The van der Waals surface area contributed by atoms with E-state index in [4.69, 9.17) is 4.74 Å². The summed E-state index contributed by atoms with van der Waals surface area (Å²) in [4.78, 5) is 11.8. The number of halogens is 4. The van der Waals surface area contributed by atoms with E-state index in [0.29, 0.717) is 12.3 Å². The van der Waals surface area contributed by atoms with Crippen LogP contribution in [-0.4, -0.2) is 43.4 Å². The number of hydrogen-bond acceptors (Lipinski definition) is 4. The van der Waals surface area contributed by atoms with Gasteiger partial charge in [-0.15, -0.1) is 12.4 Å². The molecule has 0 radical (unpaired) electrons. The fourth-order valence-electron chi connectivity index (χ4n) is 2.84. The second-order valence-corrected chi connectivity index (χ2v) is 6.53. The lowest BCUT2D eigenvalue weighted by Crippen LogP contribution is -2.35. The average molecular weight is 411 g/mol. The van der Waals surface area contributed by atoms with E-state index in [1.54, 1.807) is 0 Å². The van der Waals surface area contributed by atoms with Crippen molar-refractivity contribution in [2.45, 2.75) is 38.0 Å². The van der Waals surface area contributed by atoms with E-state index in [9.17, 15) is 23.1 Å². The summed E-state index contributed by atoms with van der Waals surface area (Å²) in [5.41, 5.74) is -0.810. The zero-order chi connectivity index (χ0) is 19.0. The van der Waals surface area contributed by atoms with E-state index in [0.717, 1.165) is 44.5 Å². The van der Waals surface area contributed by atoms with Crippen molar-refractivity contribution in [3.05, 3.63) is 29.8 Å². The Morgan fingerprint density at radius 2 is 2.04 bits per heavy atom. The quantitative estimate of drug-likeness (QED) is 0.616. The van der Waals surface area contributed by atoms with Gasteiger partial charge in [-0.05, 0) is 56.5 Å². The van der Waals surface area contributed by atoms with Crippen molar-refractivity contribution >= 4 is 18.3 Å². The van der Waals surface area contributed by atoms with Crippen LogP contribution in [0.4, 0.5) is 13.2 Å². The summed E-state index contributed by atoms with van der Waals surface area (Å²) < 4.78 is 43.1. The van der Waals surface area contributed by atoms with Crippen molar-refractivity contribution in [1.82, 2.24) is 10.6 Å². The van der Waals surface area contributed by atoms with E-state index in [1.807, 2.05) is 0 Å². The Morgan fingerprint density at radius 3 is 2.70 bits per heavy atom. The van der Waals surface area contributed by atoms with Crippen LogP contribution >= 0.6 is 12.4 Å². The third kappa shape index (κ3) is 8.81. The second kappa shape index (κ2) is 11.4. The topological polar surface area (TPSA) is 70.6 Å². The smallest absolute Gasteiger partial charge is 0.416 e. The van der Waals surface area contributed by atoms with Crippen molar-refractivity contribution in [1.29, 1.82) is 0 Å². The predicted molar refractivity (Wildman–Crippen MR) is 98.0 cm³/mol. The molecule has 3 N–H and O–H groups in total. The van der Waals surface area contributed by atoms with Gasteiger partial charge in [0, 0.05) is 13.0 Å². The van der Waals surface area contributed by atoms with Gasteiger partial charge in [0.05, 0.1) is 5.56 Å². The highest BCUT2D eigenvalue weighted by Crippen LogP contribution is 2.31. The molecule has 1 amide bonds. The minimum atomic E-state index is -4.44. The molecule has 154 valence electrons. The Morgan fingerprint density at radius 1 is 1.33 bits per heavy atom. The molecule has 5 nitrogen and oxygen atoms in total. The summed E-state index contributed by atoms with van der Waals surface area (Å²) in [5.74, 6) is 0.439. The number of benzene rings is 1. The van der Waals surface area contributed by atoms with Gasteiger partial charge in [-0.3, -0.25) is 4.79 Å². The van der Waals surface area contributed by atoms with Crippen LogP contribution < -0.4 is 15.4 Å². The number of nitrogens with one attached hydrogen (secondary N) is 2. The largest absolute Gasteiger partial charge is 0.491 e. The molecular formula is C18H26ClF3N2O3. The fraction of sp³-hybridized carbons (Fsp3) is 0.611. The highest BCUT2D eigenvalue weighted by atomic mass is 35.5. The van der Waals surface area contributed by atoms with Crippen LogP contribution in [0.25, 0.3) is 0 Å². The van der Waals surface area contributed by atoms with E-state index in [2.05, 4.69) is 10.6 Å². The number of carbonyl (C=O) groups excluding carboxylic acids is 1. The van der Waals surface area contributed by atoms with Gasteiger partial charge in [-0.2, -0.15) is 13.2 Å². The van der Waals surface area contributed by atoms with Crippen molar-refractivity contribution < 1.29 is 27.8 Å². The number of alkyl halides is 3. The maximum absolute atomic E-state index is 12.6. The highest BCUT2D eigenvalue weighted by Gasteiger charge is 2.30. The van der Waals surface area contributed by atoms with Crippen molar-refractivity contribution in [3.8, 4) is 5.75 Å². The molecule has 0 spiro atoms. The van der Waals surface area contributed by atoms with Gasteiger partial charge in [0.2, 0.25) is 5.91 Å². The molecule has 0 bridgehead atoms. The van der Waals surface area contributed by atoms with E-state index in [1.165, 1.54) is 12.1 Å². The van der Waals surface area contributed by atoms with Crippen LogP contribution in [-0.2, 0) is 11.0 Å². The number of amides is 1. The molecule has 1 fully saturated rings. The monoisotopic (exact) mass is 410 g/mol. The van der Waals surface area contributed by atoms with E-state index in [-0.39, 0.29) is 37.2 Å². The summed E-state index contributed by atoms with van der Waals surface area (Å²) in [7, 11) is 0. The third-order valence-electron chi connectivity index (χ3n) is 4.38. The summed E-state index contributed by atoms with van der Waals surface area (Å²) in [6.45, 7) is 1.77. The molecule has 27 heavy (non-hydrogen) atoms. The Bertz CT molecular complexity index is 581. The molecule has 1 saturated heterocycles. The van der Waals surface area contributed by atoms with Crippen molar-refractivity contribution in [2.24, 2.45) is 5.92 Å². The molecule has 1 aromatic rings. The van der Waals surface area contributed by atoms with E-state index < -0.39 is 17.8 Å². The minimum Gasteiger partial charge on any atom is -0.491 e. The van der Waals surface area contributed by atoms with Gasteiger partial charge < -0.3 is 20.5 Å². The lowest BCUT2D eigenvalue weighted by Gasteiger charge is -2.22. The first-order chi connectivity index (χ1) is 12.3. The Labute approximate surface area is 163 Å². The third-order valence-corrected chi connectivity index (χ3v) is 4.38. The number of carbonyl (C=O) groups is 1. The van der Waals surface area contributed by atoms with Crippen LogP contribution in [0.5, 0.6) is 5.75 Å². The van der Waals surface area contributed by atoms with Crippen molar-refractivity contribution in [2.75, 3.05) is 26.2 Å². The molecule has 1 aliphatic heterocycles. The fourth-order valence-corrected chi connectivity index (χ4v) is 2.84. The van der Waals surface area contributed by atoms with Crippen molar-refractivity contribution in [3.63, 3.8) is 0 Å². The molecule has 1 unspecified atom stereocenters. The van der Waals surface area contributed by atoms with Gasteiger partial charge in [0.15, 0.2) is 0 Å². The normalized spacial score (nSPS) is 16.3. The van der Waals surface area contributed by atoms with Crippen LogP contribution in [0, 0.1) is 5.92 Å². The number of ether oxygens (including phenoxy) is 1. The molecule has 1 atom stereocenters. The van der Waals surface area contributed by atoms with Gasteiger partial charge >= 0.3 is 6.18 Å². The lowest BCUT2D eigenvalue weighted by atomic mass is 9.93. The summed E-state index contributed by atoms with van der Waals surface area (Å²) in [5, 5.41) is 15.7. The van der Waals surface area contributed by atoms with Crippen LogP contribution in [0.2, 0.25) is 0 Å². The molecule has 0 aromatic heterocycles.